The van der Waals surface area contributed by atoms with E-state index >= 15 is 0 Å². The highest BCUT2D eigenvalue weighted by Gasteiger charge is 2.50. The van der Waals surface area contributed by atoms with Crippen molar-refractivity contribution >= 4 is 13.7 Å². The van der Waals surface area contributed by atoms with Crippen molar-refractivity contribution < 1.29 is 9.15 Å². The van der Waals surface area contributed by atoms with Gasteiger partial charge in [0, 0.05) is 0 Å². The highest BCUT2D eigenvalue weighted by Crippen LogP contribution is 2.21. The van der Waals surface area contributed by atoms with Gasteiger partial charge in [-0.05, 0) is 11.7 Å². The molecule has 1 heterocycles. The van der Waals surface area contributed by atoms with E-state index < -0.39 is 8.56 Å². The average Bonchev–Trinajstić information content (AvgIpc) is 2.72. The number of rotatable bonds is 1. The van der Waals surface area contributed by atoms with Crippen LogP contribution in [0.15, 0.2) is 30.3 Å². The summed E-state index contributed by atoms with van der Waals surface area (Å²) in [6, 6.07) is 10.1. The Morgan fingerprint density at radius 1 is 1.10 bits per heavy atom. The zero-order valence-corrected chi connectivity index (χ0v) is 6.70. The molecule has 0 atom stereocenters. The van der Waals surface area contributed by atoms with E-state index in [0.717, 1.165) is 0 Å². The van der Waals surface area contributed by atoms with Gasteiger partial charge in [0.1, 0.15) is 0 Å². The minimum Gasteiger partial charge on any atom is -0.251 e. The summed E-state index contributed by atoms with van der Waals surface area (Å²) < 4.78 is 9.84. The van der Waals surface area contributed by atoms with E-state index in [4.69, 9.17) is 9.15 Å². The average molecular weight is 152 g/mol. The zero-order valence-electron chi connectivity index (χ0n) is 5.70. The van der Waals surface area contributed by atoms with Crippen molar-refractivity contribution in [3.8, 4) is 0 Å². The first-order valence-electron chi connectivity index (χ1n) is 3.24. The molecular weight excluding hydrogens is 144 g/mol. The van der Waals surface area contributed by atoms with Crippen LogP contribution < -0.4 is 5.19 Å². The molecule has 0 saturated carbocycles. The number of hydrogen-bond donors (Lipinski definition) is 0. The first kappa shape index (κ1) is 6.09. The summed E-state index contributed by atoms with van der Waals surface area (Å²) in [6.07, 6.45) is 0. The van der Waals surface area contributed by atoms with Crippen LogP contribution in [0, 0.1) is 0 Å². The van der Waals surface area contributed by atoms with Gasteiger partial charge in [-0.15, -0.1) is 0 Å². The van der Waals surface area contributed by atoms with Crippen LogP contribution in [0.4, 0.5) is 0 Å². The molecule has 1 aromatic rings. The summed E-state index contributed by atoms with van der Waals surface area (Å²) >= 11 is 0. The monoisotopic (exact) mass is 152 g/mol. The van der Waals surface area contributed by atoms with E-state index in [1.54, 1.807) is 0 Å². The predicted octanol–water partition coefficient (Wildman–Crippen LogP) is 0.927. The number of hydrogen-bond acceptors (Lipinski definition) is 2. The van der Waals surface area contributed by atoms with Crippen LogP contribution in [0.5, 0.6) is 0 Å². The van der Waals surface area contributed by atoms with Crippen molar-refractivity contribution in [1.29, 1.82) is 0 Å². The Balaban J connectivity index is 2.35. The predicted molar refractivity (Wildman–Crippen MR) is 39.9 cm³/mol. The van der Waals surface area contributed by atoms with Gasteiger partial charge in [-0.3, -0.25) is 9.15 Å². The van der Waals surface area contributed by atoms with Crippen molar-refractivity contribution in [2.75, 3.05) is 0 Å². The van der Waals surface area contributed by atoms with Gasteiger partial charge < -0.3 is 0 Å². The Morgan fingerprint density at radius 2 is 1.70 bits per heavy atom. The summed E-state index contributed by atoms with van der Waals surface area (Å²) in [6.45, 7) is 2.03. The second-order valence-electron chi connectivity index (χ2n) is 2.48. The van der Waals surface area contributed by atoms with Crippen molar-refractivity contribution in [2.45, 2.75) is 6.55 Å². The SMILES string of the molecule is C[Si]1(c2ccccc2)OO1. The highest BCUT2D eigenvalue weighted by atomic mass is 28.4. The molecule has 1 aromatic carbocycles. The molecule has 0 spiro atoms. The van der Waals surface area contributed by atoms with Crippen molar-refractivity contribution in [1.82, 2.24) is 0 Å². The maximum absolute atomic E-state index is 4.92. The normalized spacial score (nSPS) is 20.5. The fourth-order valence-electron chi connectivity index (χ4n) is 0.900. The van der Waals surface area contributed by atoms with Crippen LogP contribution in [0.25, 0.3) is 0 Å². The van der Waals surface area contributed by atoms with Crippen LogP contribution in [-0.2, 0) is 9.15 Å². The molecule has 3 heteroatoms. The van der Waals surface area contributed by atoms with Gasteiger partial charge in [0.05, 0.1) is 0 Å². The summed E-state index contributed by atoms with van der Waals surface area (Å²) in [5.41, 5.74) is 0. The van der Waals surface area contributed by atoms with E-state index in [2.05, 4.69) is 0 Å². The van der Waals surface area contributed by atoms with Crippen molar-refractivity contribution in [2.24, 2.45) is 0 Å². The molecule has 0 N–H and O–H groups in total. The maximum Gasteiger partial charge on any atom is 0.433 e. The highest BCUT2D eigenvalue weighted by molar-refractivity contribution is 6.84. The third-order valence-corrected chi connectivity index (χ3v) is 3.68. The van der Waals surface area contributed by atoms with E-state index in [9.17, 15) is 0 Å². The lowest BCUT2D eigenvalue weighted by Gasteiger charge is -1.93. The molecule has 0 bridgehead atoms. The molecular formula is C7H8O2Si. The van der Waals surface area contributed by atoms with Gasteiger partial charge in [0.15, 0.2) is 0 Å². The molecule has 0 unspecified atom stereocenters. The second-order valence-corrected chi connectivity index (χ2v) is 5.28. The molecule has 0 radical (unpaired) electrons. The number of benzene rings is 1. The first-order chi connectivity index (χ1) is 4.81. The molecule has 1 aliphatic heterocycles. The minimum absolute atomic E-state index is 1.20. The maximum atomic E-state index is 4.92. The minimum atomic E-state index is -1.78. The second kappa shape index (κ2) is 1.92. The molecule has 2 nitrogen and oxygen atoms in total. The topological polar surface area (TPSA) is 25.1 Å². The summed E-state index contributed by atoms with van der Waals surface area (Å²) in [5, 5.41) is 1.20. The van der Waals surface area contributed by atoms with Crippen LogP contribution in [0.2, 0.25) is 6.55 Å². The van der Waals surface area contributed by atoms with Crippen LogP contribution in [-0.4, -0.2) is 8.56 Å². The summed E-state index contributed by atoms with van der Waals surface area (Å²) in [7, 11) is -1.78. The van der Waals surface area contributed by atoms with Crippen LogP contribution in [0.1, 0.15) is 0 Å². The van der Waals surface area contributed by atoms with E-state index in [0.29, 0.717) is 0 Å². The van der Waals surface area contributed by atoms with Crippen molar-refractivity contribution in [3.63, 3.8) is 0 Å². The van der Waals surface area contributed by atoms with E-state index in [1.807, 2.05) is 36.9 Å². The van der Waals surface area contributed by atoms with Crippen molar-refractivity contribution in [3.05, 3.63) is 30.3 Å². The Hall–Kier alpha value is -0.643. The lowest BCUT2D eigenvalue weighted by atomic mass is 10.4. The summed E-state index contributed by atoms with van der Waals surface area (Å²) in [4.78, 5) is 0. The van der Waals surface area contributed by atoms with Gasteiger partial charge >= 0.3 is 8.56 Å². The first-order valence-corrected chi connectivity index (χ1v) is 5.55. The largest absolute Gasteiger partial charge is 0.433 e. The summed E-state index contributed by atoms with van der Waals surface area (Å²) in [5.74, 6) is 0. The fourth-order valence-corrected chi connectivity index (χ4v) is 2.39. The van der Waals surface area contributed by atoms with Gasteiger partial charge in [-0.1, -0.05) is 30.3 Å². The zero-order chi connectivity index (χ0) is 7.03. The Morgan fingerprint density at radius 3 is 2.20 bits per heavy atom. The van der Waals surface area contributed by atoms with Crippen LogP contribution >= 0.6 is 0 Å². The van der Waals surface area contributed by atoms with Gasteiger partial charge in [0.25, 0.3) is 0 Å². The Kier molecular flexibility index (Phi) is 1.17. The molecule has 1 aliphatic rings. The van der Waals surface area contributed by atoms with E-state index in [1.165, 1.54) is 5.19 Å². The van der Waals surface area contributed by atoms with Gasteiger partial charge in [-0.2, -0.15) is 0 Å². The quantitative estimate of drug-likeness (QED) is 0.340. The third-order valence-electron chi connectivity index (χ3n) is 1.63. The molecule has 1 saturated heterocycles. The van der Waals surface area contributed by atoms with Gasteiger partial charge in [0.2, 0.25) is 0 Å². The molecule has 10 heavy (non-hydrogen) atoms. The fraction of sp³-hybridized carbons (Fsp3) is 0.143. The smallest absolute Gasteiger partial charge is 0.251 e. The molecule has 2 rings (SSSR count). The van der Waals surface area contributed by atoms with E-state index in [-0.39, 0.29) is 0 Å². The Bertz CT molecular complexity index is 231. The third kappa shape index (κ3) is 0.882. The molecule has 0 amide bonds. The molecule has 1 fully saturated rings. The molecule has 0 aliphatic carbocycles. The lowest BCUT2D eigenvalue weighted by Crippen LogP contribution is -2.29. The molecule has 0 aromatic heterocycles. The van der Waals surface area contributed by atoms with Gasteiger partial charge in [-0.25, -0.2) is 0 Å². The standard InChI is InChI=1S/C7H8O2Si/c1-10(8-9-10)7-5-3-2-4-6-7/h2-6H,1H3. The van der Waals surface area contributed by atoms with Crippen LogP contribution in [0.3, 0.4) is 0 Å². The molecule has 52 valence electrons. The lowest BCUT2D eigenvalue weighted by molar-refractivity contribution is 0.0850. The Labute approximate surface area is 60.6 Å².